The van der Waals surface area contributed by atoms with Gasteiger partial charge in [-0.25, -0.2) is 0 Å². The van der Waals surface area contributed by atoms with Gasteiger partial charge >= 0.3 is 0 Å². The lowest BCUT2D eigenvalue weighted by Gasteiger charge is -2.14. The van der Waals surface area contributed by atoms with Crippen LogP contribution in [0.1, 0.15) is 28.5 Å². The molecule has 1 aromatic heterocycles. The maximum absolute atomic E-state index is 5.35. The summed E-state index contributed by atoms with van der Waals surface area (Å²) in [7, 11) is 1.97. The van der Waals surface area contributed by atoms with Gasteiger partial charge in [-0.1, -0.05) is 29.8 Å². The van der Waals surface area contributed by atoms with E-state index in [1.165, 1.54) is 16.7 Å². The number of aryl methyl sites for hydroxylation is 2. The van der Waals surface area contributed by atoms with E-state index < -0.39 is 0 Å². The number of furan rings is 1. The van der Waals surface area contributed by atoms with Crippen molar-refractivity contribution in [3.63, 3.8) is 0 Å². The Balaban J connectivity index is 2.32. The molecule has 2 rings (SSSR count). The van der Waals surface area contributed by atoms with E-state index in [-0.39, 0.29) is 6.04 Å². The Morgan fingerprint density at radius 3 is 2.25 bits per heavy atom. The monoisotopic (exact) mass is 215 g/mol. The molecule has 0 saturated carbocycles. The zero-order chi connectivity index (χ0) is 11.5. The van der Waals surface area contributed by atoms with Crippen molar-refractivity contribution in [2.45, 2.75) is 19.9 Å². The highest BCUT2D eigenvalue weighted by Gasteiger charge is 2.13. The Bertz CT molecular complexity index is 456. The first-order valence-electron chi connectivity index (χ1n) is 5.49. The minimum Gasteiger partial charge on any atom is -0.469 e. The van der Waals surface area contributed by atoms with Gasteiger partial charge in [0.25, 0.3) is 0 Å². The van der Waals surface area contributed by atoms with Crippen molar-refractivity contribution in [1.29, 1.82) is 0 Å². The van der Waals surface area contributed by atoms with E-state index in [0.29, 0.717) is 0 Å². The van der Waals surface area contributed by atoms with E-state index in [1.54, 1.807) is 0 Å². The standard InChI is InChI=1S/C14H17NO/c1-10-4-6-12(7-5-10)14(15-3)13-8-11(2)16-9-13/h4-9,14-15H,1-3H3. The van der Waals surface area contributed by atoms with E-state index in [0.717, 1.165) is 5.76 Å². The highest BCUT2D eigenvalue weighted by molar-refractivity contribution is 5.32. The van der Waals surface area contributed by atoms with Crippen LogP contribution in [0, 0.1) is 13.8 Å². The molecule has 0 aliphatic carbocycles. The third-order valence-corrected chi connectivity index (χ3v) is 2.78. The lowest BCUT2D eigenvalue weighted by atomic mass is 10.0. The quantitative estimate of drug-likeness (QED) is 0.850. The maximum atomic E-state index is 5.35. The molecule has 2 heteroatoms. The van der Waals surface area contributed by atoms with Crippen LogP contribution in [0.3, 0.4) is 0 Å². The van der Waals surface area contributed by atoms with Crippen LogP contribution in [0.25, 0.3) is 0 Å². The van der Waals surface area contributed by atoms with Crippen LogP contribution in [0.2, 0.25) is 0 Å². The third kappa shape index (κ3) is 2.17. The lowest BCUT2D eigenvalue weighted by Crippen LogP contribution is -2.16. The fourth-order valence-corrected chi connectivity index (χ4v) is 1.90. The molecule has 0 aliphatic heterocycles. The summed E-state index contributed by atoms with van der Waals surface area (Å²) in [6, 6.07) is 10.8. The van der Waals surface area contributed by atoms with Gasteiger partial charge < -0.3 is 9.73 Å². The number of hydrogen-bond donors (Lipinski definition) is 1. The topological polar surface area (TPSA) is 25.2 Å². The number of hydrogen-bond acceptors (Lipinski definition) is 2. The van der Waals surface area contributed by atoms with Crippen molar-refractivity contribution in [1.82, 2.24) is 5.32 Å². The van der Waals surface area contributed by atoms with E-state index in [2.05, 4.69) is 42.6 Å². The smallest absolute Gasteiger partial charge is 0.101 e. The van der Waals surface area contributed by atoms with E-state index in [9.17, 15) is 0 Å². The number of nitrogens with one attached hydrogen (secondary N) is 1. The lowest BCUT2D eigenvalue weighted by molar-refractivity contribution is 0.528. The van der Waals surface area contributed by atoms with E-state index in [4.69, 9.17) is 4.42 Å². The Labute approximate surface area is 96.3 Å². The van der Waals surface area contributed by atoms with Gasteiger partial charge in [-0.05, 0) is 32.5 Å². The largest absolute Gasteiger partial charge is 0.469 e. The molecule has 0 amide bonds. The van der Waals surface area contributed by atoms with E-state index >= 15 is 0 Å². The van der Waals surface area contributed by atoms with Gasteiger partial charge in [0.05, 0.1) is 12.3 Å². The molecular formula is C14H17NO. The summed E-state index contributed by atoms with van der Waals surface area (Å²) in [5.74, 6) is 0.947. The molecule has 0 saturated heterocycles. The zero-order valence-electron chi connectivity index (χ0n) is 9.95. The molecule has 0 aliphatic rings. The molecule has 0 radical (unpaired) electrons. The predicted octanol–water partition coefficient (Wildman–Crippen LogP) is 3.21. The second-order valence-corrected chi connectivity index (χ2v) is 4.12. The Morgan fingerprint density at radius 1 is 1.06 bits per heavy atom. The summed E-state index contributed by atoms with van der Waals surface area (Å²) in [6.07, 6.45) is 1.82. The molecule has 2 aromatic rings. The van der Waals surface area contributed by atoms with Crippen molar-refractivity contribution >= 4 is 0 Å². The average molecular weight is 215 g/mol. The molecular weight excluding hydrogens is 198 g/mol. The first-order chi connectivity index (χ1) is 7.70. The Hall–Kier alpha value is -1.54. The van der Waals surface area contributed by atoms with Crippen LogP contribution in [0.4, 0.5) is 0 Å². The summed E-state index contributed by atoms with van der Waals surface area (Å²) >= 11 is 0. The van der Waals surface area contributed by atoms with Crippen molar-refractivity contribution in [2.75, 3.05) is 7.05 Å². The van der Waals surface area contributed by atoms with Gasteiger partial charge in [-0.2, -0.15) is 0 Å². The zero-order valence-corrected chi connectivity index (χ0v) is 9.95. The molecule has 1 aromatic carbocycles. The van der Waals surface area contributed by atoms with Crippen LogP contribution in [0.5, 0.6) is 0 Å². The van der Waals surface area contributed by atoms with Crippen LogP contribution >= 0.6 is 0 Å². The molecule has 0 bridgehead atoms. The van der Waals surface area contributed by atoms with Crippen molar-refractivity contribution in [3.8, 4) is 0 Å². The van der Waals surface area contributed by atoms with Crippen LogP contribution in [0.15, 0.2) is 41.0 Å². The summed E-state index contributed by atoms with van der Waals surface area (Å²) in [4.78, 5) is 0. The normalized spacial score (nSPS) is 12.7. The predicted molar refractivity (Wildman–Crippen MR) is 65.5 cm³/mol. The van der Waals surface area contributed by atoms with Gasteiger partial charge in [0.1, 0.15) is 5.76 Å². The summed E-state index contributed by atoms with van der Waals surface area (Å²) < 4.78 is 5.35. The minimum atomic E-state index is 0.207. The highest BCUT2D eigenvalue weighted by Crippen LogP contribution is 2.23. The molecule has 84 valence electrons. The molecule has 0 fully saturated rings. The van der Waals surface area contributed by atoms with Gasteiger partial charge in [0, 0.05) is 5.56 Å². The molecule has 0 spiro atoms. The van der Waals surface area contributed by atoms with Crippen molar-refractivity contribution < 1.29 is 4.42 Å². The Morgan fingerprint density at radius 2 is 1.75 bits per heavy atom. The molecule has 1 heterocycles. The fourth-order valence-electron chi connectivity index (χ4n) is 1.90. The van der Waals surface area contributed by atoms with Crippen LogP contribution in [-0.2, 0) is 0 Å². The summed E-state index contributed by atoms with van der Waals surface area (Å²) in [6.45, 7) is 4.06. The molecule has 1 N–H and O–H groups in total. The number of benzene rings is 1. The fraction of sp³-hybridized carbons (Fsp3) is 0.286. The maximum Gasteiger partial charge on any atom is 0.101 e. The summed E-state index contributed by atoms with van der Waals surface area (Å²) in [5.41, 5.74) is 3.71. The molecule has 1 unspecified atom stereocenters. The first-order valence-corrected chi connectivity index (χ1v) is 5.49. The second-order valence-electron chi connectivity index (χ2n) is 4.12. The van der Waals surface area contributed by atoms with Gasteiger partial charge in [-0.15, -0.1) is 0 Å². The van der Waals surface area contributed by atoms with Crippen molar-refractivity contribution in [2.24, 2.45) is 0 Å². The van der Waals surface area contributed by atoms with Crippen molar-refractivity contribution in [3.05, 3.63) is 59.0 Å². The van der Waals surface area contributed by atoms with Crippen LogP contribution < -0.4 is 5.32 Å². The third-order valence-electron chi connectivity index (χ3n) is 2.78. The second kappa shape index (κ2) is 4.54. The van der Waals surface area contributed by atoms with Crippen LogP contribution in [-0.4, -0.2) is 7.05 Å². The van der Waals surface area contributed by atoms with Gasteiger partial charge in [0.15, 0.2) is 0 Å². The van der Waals surface area contributed by atoms with Gasteiger partial charge in [0.2, 0.25) is 0 Å². The van der Waals surface area contributed by atoms with E-state index in [1.807, 2.05) is 20.2 Å². The minimum absolute atomic E-state index is 0.207. The SMILES string of the molecule is CNC(c1ccc(C)cc1)c1coc(C)c1. The summed E-state index contributed by atoms with van der Waals surface area (Å²) in [5, 5.41) is 3.31. The Kier molecular flexibility index (Phi) is 3.11. The molecule has 1 atom stereocenters. The molecule has 2 nitrogen and oxygen atoms in total. The first kappa shape index (κ1) is 11.0. The average Bonchev–Trinajstić information content (AvgIpc) is 2.69. The highest BCUT2D eigenvalue weighted by atomic mass is 16.3. The number of rotatable bonds is 3. The van der Waals surface area contributed by atoms with Gasteiger partial charge in [-0.3, -0.25) is 0 Å². The molecule has 16 heavy (non-hydrogen) atoms.